The molecular weight excluding hydrogens is 506 g/mol. The molecule has 39 heavy (non-hydrogen) atoms. The van der Waals surface area contributed by atoms with Gasteiger partial charge in [0, 0.05) is 6.07 Å². The fourth-order valence-corrected chi connectivity index (χ4v) is 3.43. The van der Waals surface area contributed by atoms with Crippen LogP contribution in [0.15, 0.2) is 91.0 Å². The zero-order valence-corrected chi connectivity index (χ0v) is 20.5. The van der Waals surface area contributed by atoms with E-state index in [1.807, 2.05) is 60.7 Å². The Hall–Kier alpha value is -5.58. The van der Waals surface area contributed by atoms with Crippen molar-refractivity contribution in [1.82, 2.24) is 0 Å². The van der Waals surface area contributed by atoms with Gasteiger partial charge in [0.15, 0.2) is 0 Å². The number of hydrogen-bond acceptors (Lipinski definition) is 8. The smallest absolute Gasteiger partial charge is 0.311 e. The molecule has 6 N–H and O–H groups in total. The molecule has 11 heteroatoms. The van der Waals surface area contributed by atoms with Crippen molar-refractivity contribution in [3.05, 3.63) is 123 Å². The predicted molar refractivity (Wildman–Crippen MR) is 141 cm³/mol. The number of nitro groups is 1. The number of carbonyl (C=O) groups excluding carboxylic acids is 2. The predicted octanol–water partition coefficient (Wildman–Crippen LogP) is 4.05. The van der Waals surface area contributed by atoms with Gasteiger partial charge in [0.2, 0.25) is 5.75 Å². The largest absolute Gasteiger partial charge is 0.507 e. The van der Waals surface area contributed by atoms with Gasteiger partial charge in [0.1, 0.15) is 41.6 Å². The average molecular weight is 532 g/mol. The summed E-state index contributed by atoms with van der Waals surface area (Å²) in [6, 6.07) is 25.5. The highest BCUT2D eigenvalue weighted by Gasteiger charge is 2.24. The van der Waals surface area contributed by atoms with Crippen molar-refractivity contribution in [3.8, 4) is 23.0 Å². The molecule has 4 aromatic carbocycles. The monoisotopic (exact) mass is 531 g/mol. The van der Waals surface area contributed by atoms with E-state index in [2.05, 4.69) is 0 Å². The standard InChI is InChI=1S/C14H12N2O5.C14H13NO3/c15-14(18)12-11(7-6-10(13(12)17)16(19)20)21-8-9-4-2-1-3-5-9;15-14(17)13-11(16)7-4-8-12(13)18-9-10-5-2-1-3-6-10/h1-7,17H,8H2,(H2,15,18);1-8,16H,9H2,(H2,15,17). The van der Waals surface area contributed by atoms with E-state index in [0.717, 1.165) is 17.2 Å². The zero-order valence-electron chi connectivity index (χ0n) is 20.5. The number of nitrogens with zero attached hydrogens (tertiary/aromatic N) is 1. The number of nitrogens with two attached hydrogens (primary N) is 2. The molecule has 0 fully saturated rings. The highest BCUT2D eigenvalue weighted by Crippen LogP contribution is 2.36. The quantitative estimate of drug-likeness (QED) is 0.184. The third-order valence-electron chi connectivity index (χ3n) is 5.29. The minimum atomic E-state index is -1.00. The van der Waals surface area contributed by atoms with Crippen molar-refractivity contribution in [2.45, 2.75) is 13.2 Å². The summed E-state index contributed by atoms with van der Waals surface area (Å²) in [5, 5.41) is 30.1. The molecule has 2 amide bonds. The second-order valence-corrected chi connectivity index (χ2v) is 7.99. The van der Waals surface area contributed by atoms with Crippen LogP contribution in [0.1, 0.15) is 31.8 Å². The van der Waals surface area contributed by atoms with Crippen molar-refractivity contribution in [3.63, 3.8) is 0 Å². The number of ether oxygens (including phenoxy) is 2. The first-order chi connectivity index (χ1) is 18.7. The van der Waals surface area contributed by atoms with Gasteiger partial charge in [-0.05, 0) is 29.3 Å². The van der Waals surface area contributed by atoms with Gasteiger partial charge in [-0.15, -0.1) is 0 Å². The Labute approximate surface area is 223 Å². The number of primary amides is 2. The van der Waals surface area contributed by atoms with Crippen molar-refractivity contribution in [2.75, 3.05) is 0 Å². The molecule has 0 unspecified atom stereocenters. The third-order valence-corrected chi connectivity index (χ3v) is 5.29. The summed E-state index contributed by atoms with van der Waals surface area (Å²) in [6.45, 7) is 0.447. The van der Waals surface area contributed by atoms with Crippen LogP contribution in [-0.4, -0.2) is 27.0 Å². The third kappa shape index (κ3) is 7.46. The Morgan fingerprint density at radius 2 is 1.18 bits per heavy atom. The van der Waals surface area contributed by atoms with E-state index in [4.69, 9.17) is 20.9 Å². The molecule has 0 saturated carbocycles. The number of rotatable bonds is 9. The molecule has 0 aliphatic rings. The summed E-state index contributed by atoms with van der Waals surface area (Å²) in [7, 11) is 0. The summed E-state index contributed by atoms with van der Waals surface area (Å²) in [5.41, 5.74) is 11.2. The van der Waals surface area contributed by atoms with E-state index < -0.39 is 33.7 Å². The fraction of sp³-hybridized carbons (Fsp3) is 0.0714. The number of nitro benzene ring substituents is 1. The van der Waals surface area contributed by atoms with Crippen LogP contribution in [0.3, 0.4) is 0 Å². The van der Waals surface area contributed by atoms with Crippen LogP contribution in [0, 0.1) is 10.1 Å². The number of hydrogen-bond donors (Lipinski definition) is 4. The average Bonchev–Trinajstić information content (AvgIpc) is 2.91. The molecule has 0 aliphatic carbocycles. The molecular formula is C28H25N3O8. The van der Waals surface area contributed by atoms with E-state index in [-0.39, 0.29) is 29.4 Å². The normalized spacial score (nSPS) is 10.1. The molecule has 0 heterocycles. The Kier molecular flexibility index (Phi) is 9.41. The van der Waals surface area contributed by atoms with E-state index in [0.29, 0.717) is 6.61 Å². The first kappa shape index (κ1) is 28.0. The summed E-state index contributed by atoms with van der Waals surface area (Å²) in [5.74, 6) is -2.40. The van der Waals surface area contributed by atoms with Crippen molar-refractivity contribution in [2.24, 2.45) is 11.5 Å². The molecule has 0 atom stereocenters. The molecule has 11 nitrogen and oxygen atoms in total. The van der Waals surface area contributed by atoms with E-state index in [1.54, 1.807) is 12.1 Å². The van der Waals surface area contributed by atoms with E-state index >= 15 is 0 Å². The lowest BCUT2D eigenvalue weighted by Crippen LogP contribution is -2.14. The number of phenols is 2. The number of aromatic hydroxyl groups is 2. The van der Waals surface area contributed by atoms with Crippen LogP contribution in [0.25, 0.3) is 0 Å². The van der Waals surface area contributed by atoms with Crippen LogP contribution < -0.4 is 20.9 Å². The van der Waals surface area contributed by atoms with Gasteiger partial charge in [0.05, 0.1) is 4.92 Å². The van der Waals surface area contributed by atoms with Crippen LogP contribution >= 0.6 is 0 Å². The van der Waals surface area contributed by atoms with Crippen LogP contribution in [-0.2, 0) is 13.2 Å². The number of benzene rings is 4. The lowest BCUT2D eigenvalue weighted by atomic mass is 10.1. The van der Waals surface area contributed by atoms with Gasteiger partial charge in [0.25, 0.3) is 11.8 Å². The van der Waals surface area contributed by atoms with Gasteiger partial charge < -0.3 is 31.2 Å². The van der Waals surface area contributed by atoms with Crippen LogP contribution in [0.5, 0.6) is 23.0 Å². The molecule has 0 aromatic heterocycles. The molecule has 200 valence electrons. The van der Waals surface area contributed by atoms with Gasteiger partial charge in [-0.3, -0.25) is 19.7 Å². The van der Waals surface area contributed by atoms with Gasteiger partial charge in [-0.2, -0.15) is 0 Å². The SMILES string of the molecule is NC(=O)c1c(O)cccc1OCc1ccccc1.NC(=O)c1c(OCc2ccccc2)ccc([N+](=O)[O-])c1O. The van der Waals surface area contributed by atoms with Crippen molar-refractivity contribution in [1.29, 1.82) is 0 Å². The molecule has 0 saturated heterocycles. The maximum Gasteiger partial charge on any atom is 0.311 e. The first-order valence-corrected chi connectivity index (χ1v) is 11.4. The molecule has 0 radical (unpaired) electrons. The van der Waals surface area contributed by atoms with Gasteiger partial charge in [-0.1, -0.05) is 66.7 Å². The summed E-state index contributed by atoms with van der Waals surface area (Å²) < 4.78 is 10.9. The maximum atomic E-state index is 11.4. The summed E-state index contributed by atoms with van der Waals surface area (Å²) in [6.07, 6.45) is 0. The summed E-state index contributed by atoms with van der Waals surface area (Å²) in [4.78, 5) is 32.6. The lowest BCUT2D eigenvalue weighted by molar-refractivity contribution is -0.385. The fourth-order valence-electron chi connectivity index (χ4n) is 3.43. The Balaban J connectivity index is 0.000000218. The minimum absolute atomic E-state index is 0.00514. The first-order valence-electron chi connectivity index (χ1n) is 11.4. The van der Waals surface area contributed by atoms with Gasteiger partial charge >= 0.3 is 5.69 Å². The molecule has 0 spiro atoms. The molecule has 0 aliphatic heterocycles. The minimum Gasteiger partial charge on any atom is -0.507 e. The second kappa shape index (κ2) is 13.1. The highest BCUT2D eigenvalue weighted by molar-refractivity contribution is 6.00. The second-order valence-electron chi connectivity index (χ2n) is 7.99. The molecule has 4 aromatic rings. The van der Waals surface area contributed by atoms with Crippen LogP contribution in [0.2, 0.25) is 0 Å². The summed E-state index contributed by atoms with van der Waals surface area (Å²) >= 11 is 0. The maximum absolute atomic E-state index is 11.4. The molecule has 0 bridgehead atoms. The number of amides is 2. The lowest BCUT2D eigenvalue weighted by Gasteiger charge is -2.11. The Morgan fingerprint density at radius 3 is 1.64 bits per heavy atom. The Morgan fingerprint density at radius 1 is 0.692 bits per heavy atom. The van der Waals surface area contributed by atoms with Crippen molar-refractivity contribution < 1.29 is 34.2 Å². The Bertz CT molecular complexity index is 1460. The van der Waals surface area contributed by atoms with E-state index in [9.17, 15) is 29.9 Å². The topological polar surface area (TPSA) is 188 Å². The van der Waals surface area contributed by atoms with E-state index in [1.165, 1.54) is 12.1 Å². The highest BCUT2D eigenvalue weighted by atomic mass is 16.6. The molecule has 4 rings (SSSR count). The zero-order chi connectivity index (χ0) is 28.4. The number of carbonyl (C=O) groups is 2. The van der Waals surface area contributed by atoms with Gasteiger partial charge in [-0.25, -0.2) is 0 Å². The van der Waals surface area contributed by atoms with Crippen LogP contribution in [0.4, 0.5) is 5.69 Å². The van der Waals surface area contributed by atoms with Crippen molar-refractivity contribution >= 4 is 17.5 Å².